The molecule has 52 heavy (non-hydrogen) atoms. The van der Waals surface area contributed by atoms with Crippen molar-refractivity contribution in [3.63, 3.8) is 0 Å². The van der Waals surface area contributed by atoms with Crippen LogP contribution >= 0.6 is 11.6 Å². The first-order valence-corrected chi connectivity index (χ1v) is 18.6. The van der Waals surface area contributed by atoms with E-state index in [-0.39, 0.29) is 23.1 Å². The molecule has 7 rings (SSSR count). The maximum atomic E-state index is 14.6. The summed E-state index contributed by atoms with van der Waals surface area (Å²) >= 11 is 6.31. The second-order valence-corrected chi connectivity index (χ2v) is 14.7. The Hall–Kier alpha value is -4.35. The number of aromatic nitrogens is 3. The highest BCUT2D eigenvalue weighted by Crippen LogP contribution is 2.30. The zero-order valence-corrected chi connectivity index (χ0v) is 30.8. The molecule has 0 bridgehead atoms. The highest BCUT2D eigenvalue weighted by atomic mass is 35.5. The smallest absolute Gasteiger partial charge is 0.337 e. The second kappa shape index (κ2) is 15.7. The monoisotopic (exact) mass is 724 g/mol. The first-order chi connectivity index (χ1) is 25.2. The summed E-state index contributed by atoms with van der Waals surface area (Å²) in [6.07, 6.45) is 3.87. The maximum absolute atomic E-state index is 14.6. The van der Waals surface area contributed by atoms with Gasteiger partial charge in [0.25, 0.3) is 5.56 Å². The molecular formula is C41H46ClFN6O3. The zero-order chi connectivity index (χ0) is 36.4. The molecule has 1 saturated heterocycles. The number of methoxy groups -OCH3 is 1. The van der Waals surface area contributed by atoms with Crippen LogP contribution in [0.25, 0.3) is 27.8 Å². The summed E-state index contributed by atoms with van der Waals surface area (Å²) in [5.41, 5.74) is 3.99. The van der Waals surface area contributed by atoms with Gasteiger partial charge in [-0.3, -0.25) is 19.2 Å². The van der Waals surface area contributed by atoms with E-state index >= 15 is 0 Å². The third-order valence-corrected chi connectivity index (χ3v) is 11.0. The van der Waals surface area contributed by atoms with Gasteiger partial charge in [0.05, 0.1) is 29.4 Å². The number of benzene rings is 3. The molecular weight excluding hydrogens is 679 g/mol. The van der Waals surface area contributed by atoms with Crippen molar-refractivity contribution in [2.24, 2.45) is 0 Å². The predicted octanol–water partition coefficient (Wildman–Crippen LogP) is 6.82. The Kier molecular flexibility index (Phi) is 10.9. The van der Waals surface area contributed by atoms with Crippen LogP contribution in [0, 0.1) is 5.82 Å². The van der Waals surface area contributed by atoms with Gasteiger partial charge in [0, 0.05) is 57.4 Å². The van der Waals surface area contributed by atoms with Crippen LogP contribution in [0.15, 0.2) is 88.6 Å². The third kappa shape index (κ3) is 7.71. The molecule has 0 atom stereocenters. The number of fused-ring (bicyclic) bond motifs is 1. The van der Waals surface area contributed by atoms with Crippen LogP contribution in [0.2, 0.25) is 5.02 Å². The van der Waals surface area contributed by atoms with Gasteiger partial charge in [-0.25, -0.2) is 18.7 Å². The van der Waals surface area contributed by atoms with Crippen molar-refractivity contribution in [3.05, 3.63) is 122 Å². The second-order valence-electron chi connectivity index (χ2n) is 14.3. The number of halogens is 2. The number of rotatable bonds is 10. The van der Waals surface area contributed by atoms with E-state index in [0.717, 1.165) is 68.5 Å². The van der Waals surface area contributed by atoms with Crippen LogP contribution in [0.1, 0.15) is 56.7 Å². The van der Waals surface area contributed by atoms with Gasteiger partial charge in [0.1, 0.15) is 11.6 Å². The topological polar surface area (TPSA) is 84.6 Å². The minimum atomic E-state index is -0.622. The third-order valence-electron chi connectivity index (χ3n) is 10.7. The fourth-order valence-electron chi connectivity index (χ4n) is 7.68. The number of nitrogens with zero attached hydrogens (tertiary/aromatic N) is 5. The number of hydrogen-bond acceptors (Lipinski definition) is 7. The van der Waals surface area contributed by atoms with E-state index < -0.39 is 17.1 Å². The number of hydrogen-bond donors (Lipinski definition) is 1. The first-order valence-electron chi connectivity index (χ1n) is 18.2. The molecule has 2 aromatic heterocycles. The van der Waals surface area contributed by atoms with E-state index in [1.54, 1.807) is 7.11 Å². The van der Waals surface area contributed by atoms with Crippen LogP contribution in [-0.2, 0) is 13.1 Å². The van der Waals surface area contributed by atoms with Crippen molar-refractivity contribution >= 4 is 22.6 Å². The highest BCUT2D eigenvalue weighted by molar-refractivity contribution is 6.32. The molecule has 1 N–H and O–H groups in total. The predicted molar refractivity (Wildman–Crippen MR) is 205 cm³/mol. The van der Waals surface area contributed by atoms with E-state index in [9.17, 15) is 14.0 Å². The van der Waals surface area contributed by atoms with Gasteiger partial charge in [0.2, 0.25) is 0 Å². The van der Waals surface area contributed by atoms with E-state index in [0.29, 0.717) is 41.9 Å². The average molecular weight is 725 g/mol. The Balaban J connectivity index is 1.11. The van der Waals surface area contributed by atoms with Gasteiger partial charge in [-0.2, -0.15) is 0 Å². The summed E-state index contributed by atoms with van der Waals surface area (Å²) in [5, 5.41) is 4.24. The zero-order valence-electron chi connectivity index (χ0n) is 30.0. The molecule has 2 aliphatic rings. The quantitative estimate of drug-likeness (QED) is 0.169. The molecule has 2 fully saturated rings. The van der Waals surface area contributed by atoms with Crippen molar-refractivity contribution < 1.29 is 9.13 Å². The maximum Gasteiger partial charge on any atom is 0.337 e. The van der Waals surface area contributed by atoms with Gasteiger partial charge in [-0.15, -0.1) is 0 Å². The van der Waals surface area contributed by atoms with Crippen molar-refractivity contribution in [2.75, 3.05) is 33.3 Å². The van der Waals surface area contributed by atoms with Gasteiger partial charge in [0.15, 0.2) is 5.65 Å². The van der Waals surface area contributed by atoms with E-state index in [1.165, 1.54) is 20.8 Å². The lowest BCUT2D eigenvalue weighted by Gasteiger charge is -2.36. The molecule has 0 radical (unpaired) electrons. The minimum absolute atomic E-state index is 0.0835. The summed E-state index contributed by atoms with van der Waals surface area (Å²) in [7, 11) is 1.59. The summed E-state index contributed by atoms with van der Waals surface area (Å²) in [6.45, 7) is 10.4. The highest BCUT2D eigenvalue weighted by Gasteiger charge is 2.27. The van der Waals surface area contributed by atoms with Gasteiger partial charge < -0.3 is 10.1 Å². The van der Waals surface area contributed by atoms with Crippen molar-refractivity contribution in [1.82, 2.24) is 29.2 Å². The molecule has 11 heteroatoms. The van der Waals surface area contributed by atoms with Crippen molar-refractivity contribution in [2.45, 2.75) is 70.7 Å². The fourth-order valence-corrected chi connectivity index (χ4v) is 7.96. The summed E-state index contributed by atoms with van der Waals surface area (Å²) in [6, 6.07) is 23.6. The van der Waals surface area contributed by atoms with E-state index in [2.05, 4.69) is 58.2 Å². The Morgan fingerprint density at radius 2 is 1.63 bits per heavy atom. The fraction of sp³-hybridized carbons (Fsp3) is 0.390. The lowest BCUT2D eigenvalue weighted by Crippen LogP contribution is -2.48. The van der Waals surface area contributed by atoms with Crippen LogP contribution < -0.4 is 21.3 Å². The van der Waals surface area contributed by atoms with Crippen molar-refractivity contribution in [3.8, 4) is 22.6 Å². The summed E-state index contributed by atoms with van der Waals surface area (Å²) in [4.78, 5) is 37.5. The Bertz CT molecular complexity index is 2150. The summed E-state index contributed by atoms with van der Waals surface area (Å²) < 4.78 is 22.6. The van der Waals surface area contributed by atoms with E-state index in [4.69, 9.17) is 16.3 Å². The molecule has 1 aliphatic carbocycles. The summed E-state index contributed by atoms with van der Waals surface area (Å²) in [5.74, 6) is 0.0126. The standard InChI is InChI=1S/C41H46ClFN6O3/c1-27(2)47-19-17-46(18-20-47)26-28-7-10-30(11-8-28)31-5-4-6-35(22-31)48-39-36(23-32(43)25-45-39)40(50)49(41(48)51)34-14-12-33(13-15-34)44-24-29-9-16-38(52-3)37(42)21-29/h4-11,16,21-23,25,27,33-34,44H,12-15,17-20,24,26H2,1-3H3. The molecule has 3 heterocycles. The lowest BCUT2D eigenvalue weighted by atomic mass is 9.90. The average Bonchev–Trinajstić information content (AvgIpc) is 3.15. The SMILES string of the molecule is COc1ccc(CNC2CCC(n3c(=O)c4cc(F)cnc4n(-c4cccc(-c5ccc(CN6CCN(C(C)C)CC6)cc5)c4)c3=O)CC2)cc1Cl. The van der Waals surface area contributed by atoms with E-state index in [1.807, 2.05) is 42.5 Å². The number of pyridine rings is 1. The molecule has 3 aromatic carbocycles. The number of ether oxygens (including phenoxy) is 1. The minimum Gasteiger partial charge on any atom is -0.495 e. The van der Waals surface area contributed by atoms with Crippen LogP contribution in [0.4, 0.5) is 4.39 Å². The molecule has 9 nitrogen and oxygen atoms in total. The molecule has 0 amide bonds. The molecule has 1 aliphatic heterocycles. The number of piperazine rings is 1. The Morgan fingerprint density at radius 3 is 2.33 bits per heavy atom. The molecule has 0 spiro atoms. The van der Waals surface area contributed by atoms with Crippen LogP contribution in [0.5, 0.6) is 5.75 Å². The van der Waals surface area contributed by atoms with Crippen LogP contribution in [0.3, 0.4) is 0 Å². The molecule has 1 saturated carbocycles. The lowest BCUT2D eigenvalue weighted by molar-refractivity contribution is 0.104. The van der Waals surface area contributed by atoms with Gasteiger partial charge in [-0.1, -0.05) is 54.1 Å². The number of nitrogens with one attached hydrogen (secondary N) is 1. The first kappa shape index (κ1) is 36.0. The van der Waals surface area contributed by atoms with Gasteiger partial charge >= 0.3 is 5.69 Å². The molecule has 5 aromatic rings. The Labute approximate surface area is 308 Å². The molecule has 272 valence electrons. The van der Waals surface area contributed by atoms with Gasteiger partial charge in [-0.05, 0) is 92.1 Å². The normalized spacial score (nSPS) is 18.7. The van der Waals surface area contributed by atoms with Crippen molar-refractivity contribution in [1.29, 1.82) is 0 Å². The largest absolute Gasteiger partial charge is 0.495 e. The molecule has 0 unspecified atom stereocenters. The Morgan fingerprint density at radius 1 is 0.904 bits per heavy atom. The van der Waals surface area contributed by atoms with Crippen LogP contribution in [-0.4, -0.2) is 69.3 Å².